The summed E-state index contributed by atoms with van der Waals surface area (Å²) in [7, 11) is 0. The molecule has 61 heavy (non-hydrogen) atoms. The fourth-order valence-electron chi connectivity index (χ4n) is 6.54. The fraction of sp³-hybridized carbons (Fsp3) is 0.673. The minimum atomic E-state index is -0.910. The van der Waals surface area contributed by atoms with Crippen LogP contribution in [0.1, 0.15) is 201 Å². The molecule has 0 aromatic rings. The molecule has 0 bridgehead atoms. The number of allylic oxidation sites excluding steroid dienone is 11. The van der Waals surface area contributed by atoms with Gasteiger partial charge in [-0.1, -0.05) is 169 Å². The number of nitriles is 1. The summed E-state index contributed by atoms with van der Waals surface area (Å²) in [6.07, 6.45) is 50.0. The Balaban J connectivity index is 2.47. The first kappa shape index (κ1) is 55.8. The molecule has 7 nitrogen and oxygen atoms in total. The summed E-state index contributed by atoms with van der Waals surface area (Å²) in [4.78, 5) is 38.3. The Kier molecular flexibility index (Phi) is 36.2. The predicted octanol–water partition coefficient (Wildman–Crippen LogP) is 15.0. The highest BCUT2D eigenvalue weighted by Crippen LogP contribution is 2.34. The van der Waals surface area contributed by atoms with E-state index < -0.39 is 22.8 Å². The highest BCUT2D eigenvalue weighted by molar-refractivity contribution is 8.24. The van der Waals surface area contributed by atoms with Crippen molar-refractivity contribution >= 4 is 46.1 Å². The van der Waals surface area contributed by atoms with Crippen molar-refractivity contribution in [2.75, 3.05) is 13.2 Å². The van der Waals surface area contributed by atoms with Crippen LogP contribution >= 0.6 is 24.0 Å². The number of rotatable bonds is 38. The van der Waals surface area contributed by atoms with E-state index in [0.29, 0.717) is 10.6 Å². The van der Waals surface area contributed by atoms with Crippen LogP contribution in [0.5, 0.6) is 0 Å². The monoisotopic (exact) mass is 880 g/mol. The van der Waals surface area contributed by atoms with E-state index in [1.165, 1.54) is 63.1 Å². The van der Waals surface area contributed by atoms with Gasteiger partial charge >= 0.3 is 17.9 Å². The second-order valence-corrected chi connectivity index (χ2v) is 18.5. The van der Waals surface area contributed by atoms with Crippen molar-refractivity contribution in [1.82, 2.24) is 0 Å². The van der Waals surface area contributed by atoms with Crippen LogP contribution in [0, 0.1) is 11.3 Å². The normalized spacial score (nSPS) is 14.4. The SMILES string of the molecule is CCCCC/C=C\C/C=C\CCCCCCCC(=O)OCC(COC(=O)CCC(C)(C#N)SC(=S)C1=CCCC=C1)OC(=O)CCCCCCC/C=C\C/C=C\CCCCC. The minimum Gasteiger partial charge on any atom is -0.462 e. The van der Waals surface area contributed by atoms with Gasteiger partial charge in [0.25, 0.3) is 0 Å². The largest absolute Gasteiger partial charge is 0.462 e. The molecule has 1 aliphatic rings. The summed E-state index contributed by atoms with van der Waals surface area (Å²) in [6.45, 7) is 5.82. The number of thioether (sulfide) groups is 1. The van der Waals surface area contributed by atoms with Gasteiger partial charge in [0.2, 0.25) is 0 Å². The lowest BCUT2D eigenvalue weighted by Crippen LogP contribution is -2.31. The lowest BCUT2D eigenvalue weighted by molar-refractivity contribution is -0.167. The maximum absolute atomic E-state index is 12.9. The van der Waals surface area contributed by atoms with Gasteiger partial charge in [-0.25, -0.2) is 0 Å². The zero-order valence-corrected chi connectivity index (χ0v) is 40.0. The van der Waals surface area contributed by atoms with Crippen molar-refractivity contribution in [2.24, 2.45) is 0 Å². The maximum atomic E-state index is 12.9. The van der Waals surface area contributed by atoms with Gasteiger partial charge in [-0.3, -0.25) is 14.4 Å². The number of esters is 3. The second-order valence-electron chi connectivity index (χ2n) is 16.3. The molecule has 0 amide bonds. The van der Waals surface area contributed by atoms with E-state index in [-0.39, 0.29) is 44.9 Å². The predicted molar refractivity (Wildman–Crippen MR) is 260 cm³/mol. The Bertz CT molecular complexity index is 1420. The summed E-state index contributed by atoms with van der Waals surface area (Å²) < 4.78 is 16.4. The van der Waals surface area contributed by atoms with Gasteiger partial charge < -0.3 is 14.2 Å². The zero-order valence-electron chi connectivity index (χ0n) is 38.4. The summed E-state index contributed by atoms with van der Waals surface area (Å²) in [5, 5.41) is 9.94. The Morgan fingerprint density at radius 3 is 1.61 bits per heavy atom. The summed E-state index contributed by atoms with van der Waals surface area (Å²) in [5.74, 6) is -1.27. The molecule has 0 spiro atoms. The third-order valence-electron chi connectivity index (χ3n) is 10.4. The molecule has 0 heterocycles. The van der Waals surface area contributed by atoms with Crippen LogP contribution in [-0.4, -0.2) is 46.2 Å². The molecule has 342 valence electrons. The van der Waals surface area contributed by atoms with E-state index in [1.54, 1.807) is 6.92 Å². The molecular formula is C52H81NO6S2. The van der Waals surface area contributed by atoms with E-state index in [4.69, 9.17) is 26.4 Å². The summed E-state index contributed by atoms with van der Waals surface area (Å²) >= 11 is 6.88. The first-order valence-electron chi connectivity index (χ1n) is 23.8. The lowest BCUT2D eigenvalue weighted by atomic mass is 10.1. The molecule has 1 rings (SSSR count). The molecule has 0 aromatic carbocycles. The standard InChI is InChI=1S/C52H81NO6S2/c1-4-6-8-10-12-14-16-18-20-22-24-26-28-30-35-39-48(54)57-43-47(44-58-49(55)41-42-52(3,45-53)61-51(60)46-37-33-32-34-38-46)59-50(56)40-36-31-29-27-25-23-21-19-17-15-13-11-9-7-5-2/h12-15,18-21,33,37-38,47H,4-11,16-17,22-32,34-36,39-44H2,1-3H3/b14-12-,15-13-,20-18-,21-19-. The van der Waals surface area contributed by atoms with Crippen molar-refractivity contribution in [3.05, 3.63) is 72.4 Å². The highest BCUT2D eigenvalue weighted by atomic mass is 32.2. The molecular weight excluding hydrogens is 799 g/mol. The number of nitrogens with zero attached hydrogens (tertiary/aromatic N) is 1. The highest BCUT2D eigenvalue weighted by Gasteiger charge is 2.29. The molecule has 2 unspecified atom stereocenters. The number of carbonyl (C=O) groups excluding carboxylic acids is 3. The molecule has 1 aliphatic carbocycles. The topological polar surface area (TPSA) is 103 Å². The van der Waals surface area contributed by atoms with Gasteiger partial charge in [-0.05, 0) is 109 Å². The number of carbonyl (C=O) groups is 3. The molecule has 0 fully saturated rings. The Morgan fingerprint density at radius 2 is 1.13 bits per heavy atom. The van der Waals surface area contributed by atoms with E-state index in [0.717, 1.165) is 102 Å². The molecule has 0 N–H and O–H groups in total. The molecule has 0 saturated carbocycles. The van der Waals surface area contributed by atoms with Crippen LogP contribution in [0.4, 0.5) is 0 Å². The zero-order chi connectivity index (χ0) is 44.5. The van der Waals surface area contributed by atoms with Crippen LogP contribution in [0.3, 0.4) is 0 Å². The Labute approximate surface area is 381 Å². The van der Waals surface area contributed by atoms with E-state index in [2.05, 4.69) is 80.7 Å². The number of unbranched alkanes of at least 4 members (excludes halogenated alkanes) is 16. The minimum absolute atomic E-state index is 0.00615. The number of ether oxygens (including phenoxy) is 3. The van der Waals surface area contributed by atoms with Gasteiger partial charge in [0.05, 0.1) is 10.3 Å². The number of hydrogen-bond donors (Lipinski definition) is 0. The van der Waals surface area contributed by atoms with Gasteiger partial charge in [-0.2, -0.15) is 5.26 Å². The van der Waals surface area contributed by atoms with Crippen molar-refractivity contribution in [2.45, 2.75) is 211 Å². The van der Waals surface area contributed by atoms with Crippen molar-refractivity contribution in [3.8, 4) is 6.07 Å². The second kappa shape index (κ2) is 39.6. The van der Waals surface area contributed by atoms with E-state index in [1.807, 2.05) is 6.08 Å². The third-order valence-corrected chi connectivity index (χ3v) is 12.1. The lowest BCUT2D eigenvalue weighted by Gasteiger charge is -2.22. The van der Waals surface area contributed by atoms with Crippen molar-refractivity contribution in [1.29, 1.82) is 5.26 Å². The molecule has 0 aliphatic heterocycles. The van der Waals surface area contributed by atoms with Crippen LogP contribution in [0.2, 0.25) is 0 Å². The average molecular weight is 880 g/mol. The quantitative estimate of drug-likeness (QED) is 0.0197. The van der Waals surface area contributed by atoms with Crippen LogP contribution in [-0.2, 0) is 28.6 Å². The van der Waals surface area contributed by atoms with Crippen LogP contribution in [0.25, 0.3) is 0 Å². The molecule has 2 atom stereocenters. The maximum Gasteiger partial charge on any atom is 0.306 e. The van der Waals surface area contributed by atoms with Crippen LogP contribution < -0.4 is 0 Å². The van der Waals surface area contributed by atoms with Crippen LogP contribution in [0.15, 0.2) is 72.4 Å². The summed E-state index contributed by atoms with van der Waals surface area (Å²) in [6, 6.07) is 2.31. The molecule has 0 aromatic heterocycles. The number of hydrogen-bond acceptors (Lipinski definition) is 9. The van der Waals surface area contributed by atoms with Gasteiger partial charge in [-0.15, -0.1) is 0 Å². The average Bonchev–Trinajstić information content (AvgIpc) is 3.26. The molecule has 0 saturated heterocycles. The van der Waals surface area contributed by atoms with E-state index >= 15 is 0 Å². The van der Waals surface area contributed by atoms with Crippen molar-refractivity contribution < 1.29 is 28.6 Å². The smallest absolute Gasteiger partial charge is 0.306 e. The van der Waals surface area contributed by atoms with Gasteiger partial charge in [0, 0.05) is 19.3 Å². The molecule has 9 heteroatoms. The fourth-order valence-corrected chi connectivity index (χ4v) is 8.17. The Hall–Kier alpha value is -3.22. The summed E-state index contributed by atoms with van der Waals surface area (Å²) in [5.41, 5.74) is 0.935. The number of thiocarbonyl (C=S) groups is 1. The first-order valence-corrected chi connectivity index (χ1v) is 25.1. The van der Waals surface area contributed by atoms with Crippen molar-refractivity contribution in [3.63, 3.8) is 0 Å². The van der Waals surface area contributed by atoms with Gasteiger partial charge in [0.15, 0.2) is 6.10 Å². The first-order chi connectivity index (χ1) is 29.7. The van der Waals surface area contributed by atoms with E-state index in [9.17, 15) is 19.6 Å². The third kappa shape index (κ3) is 34.0. The van der Waals surface area contributed by atoms with Gasteiger partial charge in [0.1, 0.15) is 18.0 Å². The Morgan fingerprint density at radius 1 is 0.672 bits per heavy atom. The molecule has 0 radical (unpaired) electrons.